The molecule has 0 unspecified atom stereocenters. The van der Waals surface area contributed by atoms with E-state index in [9.17, 15) is 0 Å². The molecule has 0 N–H and O–H groups in total. The molecule has 0 aliphatic heterocycles. The Balaban J connectivity index is 2.38. The molecule has 0 aliphatic rings. The summed E-state index contributed by atoms with van der Waals surface area (Å²) in [4.78, 5) is 0. The molecule has 3 aromatic rings. The average molecular weight is 226 g/mol. The number of aromatic nitrogens is 4. The third-order valence-corrected chi connectivity index (χ3v) is 3.04. The van der Waals surface area contributed by atoms with Gasteiger partial charge in [-0.05, 0) is 18.6 Å². The number of fused-ring (bicyclic) bond motifs is 1. The highest BCUT2D eigenvalue weighted by Gasteiger charge is 2.12. The van der Waals surface area contributed by atoms with E-state index in [1.807, 2.05) is 41.8 Å². The lowest BCUT2D eigenvalue weighted by atomic mass is 10.0. The van der Waals surface area contributed by atoms with Crippen molar-refractivity contribution in [2.45, 2.75) is 6.92 Å². The highest BCUT2D eigenvalue weighted by Crippen LogP contribution is 2.29. The van der Waals surface area contributed by atoms with E-state index in [1.165, 1.54) is 16.5 Å². The van der Waals surface area contributed by atoms with Gasteiger partial charge < -0.3 is 0 Å². The van der Waals surface area contributed by atoms with Crippen LogP contribution in [0.5, 0.6) is 0 Å². The second kappa shape index (κ2) is 3.45. The van der Waals surface area contributed by atoms with Crippen LogP contribution in [0.15, 0.2) is 30.6 Å². The van der Waals surface area contributed by atoms with Crippen molar-refractivity contribution in [1.29, 1.82) is 0 Å². The molecule has 2 heterocycles. The first kappa shape index (κ1) is 10.1. The zero-order valence-electron chi connectivity index (χ0n) is 10.2. The van der Waals surface area contributed by atoms with E-state index in [0.29, 0.717) is 0 Å². The standard InChI is InChI=1S/C13H14N4/c1-9-7-14-17(3)13(9)10-5-4-6-12-11(10)8-16(2)15-12/h4-8H,1-3H3. The Bertz CT molecular complexity index is 671. The third kappa shape index (κ3) is 1.45. The Hall–Kier alpha value is -2.10. The topological polar surface area (TPSA) is 35.6 Å². The fraction of sp³-hybridized carbons (Fsp3) is 0.231. The molecule has 4 heteroatoms. The van der Waals surface area contributed by atoms with E-state index in [0.717, 1.165) is 11.2 Å². The Morgan fingerprint density at radius 1 is 1.18 bits per heavy atom. The van der Waals surface area contributed by atoms with Gasteiger partial charge >= 0.3 is 0 Å². The van der Waals surface area contributed by atoms with Crippen LogP contribution in [0.25, 0.3) is 22.2 Å². The second-order valence-corrected chi connectivity index (χ2v) is 4.34. The fourth-order valence-electron chi connectivity index (χ4n) is 2.30. The zero-order chi connectivity index (χ0) is 12.0. The largest absolute Gasteiger partial charge is 0.275 e. The van der Waals surface area contributed by atoms with Crippen molar-refractivity contribution in [3.63, 3.8) is 0 Å². The summed E-state index contributed by atoms with van der Waals surface area (Å²) in [5.41, 5.74) is 4.55. The number of hydrogen-bond acceptors (Lipinski definition) is 2. The Morgan fingerprint density at radius 2 is 2.00 bits per heavy atom. The van der Waals surface area contributed by atoms with Crippen LogP contribution in [0.4, 0.5) is 0 Å². The number of nitrogens with zero attached hydrogens (tertiary/aromatic N) is 4. The van der Waals surface area contributed by atoms with Gasteiger partial charge in [0.25, 0.3) is 0 Å². The molecule has 17 heavy (non-hydrogen) atoms. The molecular formula is C13H14N4. The molecule has 0 saturated carbocycles. The van der Waals surface area contributed by atoms with Gasteiger partial charge in [-0.15, -0.1) is 0 Å². The van der Waals surface area contributed by atoms with E-state index >= 15 is 0 Å². The molecule has 1 aromatic carbocycles. The van der Waals surface area contributed by atoms with E-state index in [-0.39, 0.29) is 0 Å². The van der Waals surface area contributed by atoms with E-state index in [1.54, 1.807) is 0 Å². The zero-order valence-corrected chi connectivity index (χ0v) is 10.2. The van der Waals surface area contributed by atoms with Gasteiger partial charge in [0.05, 0.1) is 17.4 Å². The maximum atomic E-state index is 4.43. The fourth-order valence-corrected chi connectivity index (χ4v) is 2.30. The van der Waals surface area contributed by atoms with Gasteiger partial charge in [0.2, 0.25) is 0 Å². The molecule has 0 saturated heterocycles. The first-order chi connectivity index (χ1) is 8.16. The monoisotopic (exact) mass is 226 g/mol. The summed E-state index contributed by atoms with van der Waals surface area (Å²) in [6, 6.07) is 6.19. The Kier molecular flexibility index (Phi) is 2.04. The van der Waals surface area contributed by atoms with Crippen molar-refractivity contribution < 1.29 is 0 Å². The van der Waals surface area contributed by atoms with Crippen LogP contribution in [-0.4, -0.2) is 19.6 Å². The van der Waals surface area contributed by atoms with Crippen LogP contribution < -0.4 is 0 Å². The molecule has 0 fully saturated rings. The van der Waals surface area contributed by atoms with Crippen molar-refractivity contribution in [2.24, 2.45) is 14.1 Å². The molecule has 0 amide bonds. The molecule has 0 atom stereocenters. The Morgan fingerprint density at radius 3 is 2.71 bits per heavy atom. The van der Waals surface area contributed by atoms with Gasteiger partial charge in [-0.25, -0.2) is 0 Å². The minimum atomic E-state index is 1.02. The molecular weight excluding hydrogens is 212 g/mol. The van der Waals surface area contributed by atoms with Crippen LogP contribution >= 0.6 is 0 Å². The SMILES string of the molecule is Cc1cnn(C)c1-c1cccc2nn(C)cc12. The quantitative estimate of drug-likeness (QED) is 0.638. The molecule has 4 nitrogen and oxygen atoms in total. The van der Waals surface area contributed by atoms with Crippen LogP contribution in [0.2, 0.25) is 0 Å². The van der Waals surface area contributed by atoms with E-state index in [4.69, 9.17) is 0 Å². The maximum Gasteiger partial charge on any atom is 0.0930 e. The summed E-state index contributed by atoms with van der Waals surface area (Å²) in [6.07, 6.45) is 3.95. The number of hydrogen-bond donors (Lipinski definition) is 0. The van der Waals surface area contributed by atoms with Gasteiger partial charge in [-0.3, -0.25) is 9.36 Å². The predicted octanol–water partition coefficient (Wildman–Crippen LogP) is 2.28. The average Bonchev–Trinajstić information content (AvgIpc) is 2.81. The van der Waals surface area contributed by atoms with Crippen LogP contribution in [0.1, 0.15) is 5.56 Å². The number of rotatable bonds is 1. The van der Waals surface area contributed by atoms with Crippen molar-refractivity contribution in [3.05, 3.63) is 36.2 Å². The van der Waals surface area contributed by atoms with Gasteiger partial charge in [0.1, 0.15) is 0 Å². The molecule has 0 bridgehead atoms. The first-order valence-electron chi connectivity index (χ1n) is 5.58. The third-order valence-electron chi connectivity index (χ3n) is 3.04. The van der Waals surface area contributed by atoms with Gasteiger partial charge in [-0.1, -0.05) is 12.1 Å². The second-order valence-electron chi connectivity index (χ2n) is 4.34. The molecule has 0 spiro atoms. The lowest BCUT2D eigenvalue weighted by molar-refractivity contribution is 0.775. The lowest BCUT2D eigenvalue weighted by Gasteiger charge is -2.05. The molecule has 2 aromatic heterocycles. The summed E-state index contributed by atoms with van der Waals surface area (Å²) >= 11 is 0. The summed E-state index contributed by atoms with van der Waals surface area (Å²) in [7, 11) is 3.91. The molecule has 3 rings (SSSR count). The highest BCUT2D eigenvalue weighted by atomic mass is 15.3. The van der Waals surface area contributed by atoms with Crippen molar-refractivity contribution in [3.8, 4) is 11.3 Å². The first-order valence-corrected chi connectivity index (χ1v) is 5.58. The summed E-state index contributed by atoms with van der Waals surface area (Å²) < 4.78 is 3.76. The van der Waals surface area contributed by atoms with Gasteiger partial charge in [0.15, 0.2) is 0 Å². The Labute approximate surface area is 99.5 Å². The van der Waals surface area contributed by atoms with E-state index < -0.39 is 0 Å². The van der Waals surface area contributed by atoms with Crippen molar-refractivity contribution in [2.75, 3.05) is 0 Å². The minimum Gasteiger partial charge on any atom is -0.275 e. The normalized spacial score (nSPS) is 11.2. The number of aryl methyl sites for hydroxylation is 3. The summed E-state index contributed by atoms with van der Waals surface area (Å²) in [5, 5.41) is 9.89. The maximum absolute atomic E-state index is 4.43. The summed E-state index contributed by atoms with van der Waals surface area (Å²) in [6.45, 7) is 2.08. The van der Waals surface area contributed by atoms with Crippen LogP contribution in [0.3, 0.4) is 0 Å². The van der Waals surface area contributed by atoms with Gasteiger partial charge in [-0.2, -0.15) is 10.2 Å². The van der Waals surface area contributed by atoms with E-state index in [2.05, 4.69) is 29.4 Å². The molecule has 0 radical (unpaired) electrons. The molecule has 86 valence electrons. The minimum absolute atomic E-state index is 1.02. The van der Waals surface area contributed by atoms with Gasteiger partial charge in [0, 0.05) is 31.2 Å². The summed E-state index contributed by atoms with van der Waals surface area (Å²) in [5.74, 6) is 0. The predicted molar refractivity (Wildman–Crippen MR) is 67.7 cm³/mol. The van der Waals surface area contributed by atoms with Crippen molar-refractivity contribution >= 4 is 10.9 Å². The molecule has 0 aliphatic carbocycles. The van der Waals surface area contributed by atoms with Crippen LogP contribution in [0, 0.1) is 6.92 Å². The number of benzene rings is 1. The lowest BCUT2D eigenvalue weighted by Crippen LogP contribution is -1.94. The van der Waals surface area contributed by atoms with Crippen LogP contribution in [-0.2, 0) is 14.1 Å². The highest BCUT2D eigenvalue weighted by molar-refractivity contribution is 5.94. The smallest absolute Gasteiger partial charge is 0.0930 e. The van der Waals surface area contributed by atoms with Crippen molar-refractivity contribution in [1.82, 2.24) is 19.6 Å².